The molecule has 1 aliphatic heterocycles. The maximum Gasteiger partial charge on any atom is 0.394 e. The van der Waals surface area contributed by atoms with E-state index < -0.39 is 11.9 Å². The van der Waals surface area contributed by atoms with Gasteiger partial charge in [-0.2, -0.15) is 0 Å². The molecular weight excluding hydrogens is 291 g/mol. The molecule has 1 saturated heterocycles. The van der Waals surface area contributed by atoms with Crippen molar-refractivity contribution >= 4 is 40.8 Å². The number of hydrogen-bond donors (Lipinski definition) is 1. The number of benzene rings is 1. The molecule has 102 valence electrons. The topological polar surface area (TPSA) is 60.9 Å². The Morgan fingerprint density at radius 2 is 1.53 bits per heavy atom. The number of halogens is 2. The molecule has 0 radical (unpaired) electrons. The van der Waals surface area contributed by atoms with E-state index >= 15 is 0 Å². The fourth-order valence-corrected chi connectivity index (χ4v) is 2.54. The Morgan fingerprint density at radius 3 is 2.00 bits per heavy atom. The molecular formula is C12H12Cl2N2O3. The van der Waals surface area contributed by atoms with Crippen molar-refractivity contribution in [2.45, 2.75) is 0 Å². The van der Waals surface area contributed by atoms with E-state index in [1.54, 1.807) is 18.2 Å². The SMILES string of the molecule is O=C(O)C(=O)N1CCN(c2cc(Cl)cc(Cl)c2)CC1. The Morgan fingerprint density at radius 1 is 1.00 bits per heavy atom. The van der Waals surface area contributed by atoms with Gasteiger partial charge in [-0.15, -0.1) is 0 Å². The Bertz CT molecular complexity index is 493. The zero-order valence-electron chi connectivity index (χ0n) is 9.97. The number of rotatable bonds is 1. The van der Waals surface area contributed by atoms with Crippen molar-refractivity contribution in [3.63, 3.8) is 0 Å². The van der Waals surface area contributed by atoms with E-state index in [-0.39, 0.29) is 0 Å². The highest BCUT2D eigenvalue weighted by Crippen LogP contribution is 2.26. The summed E-state index contributed by atoms with van der Waals surface area (Å²) in [5, 5.41) is 9.75. The summed E-state index contributed by atoms with van der Waals surface area (Å²) in [6, 6.07) is 5.24. The minimum absolute atomic E-state index is 0.370. The third kappa shape index (κ3) is 3.30. The fourth-order valence-electron chi connectivity index (χ4n) is 2.02. The third-order valence-electron chi connectivity index (χ3n) is 2.96. The zero-order valence-corrected chi connectivity index (χ0v) is 11.5. The first-order valence-electron chi connectivity index (χ1n) is 5.70. The summed E-state index contributed by atoms with van der Waals surface area (Å²) in [7, 11) is 0. The molecule has 1 fully saturated rings. The molecule has 19 heavy (non-hydrogen) atoms. The van der Waals surface area contributed by atoms with Crippen molar-refractivity contribution in [1.82, 2.24) is 4.90 Å². The highest BCUT2D eigenvalue weighted by Gasteiger charge is 2.25. The maximum atomic E-state index is 11.3. The van der Waals surface area contributed by atoms with Crippen molar-refractivity contribution in [2.24, 2.45) is 0 Å². The number of carboxylic acid groups (broad SMARTS) is 1. The average Bonchev–Trinajstić information content (AvgIpc) is 2.37. The van der Waals surface area contributed by atoms with Gasteiger partial charge >= 0.3 is 11.9 Å². The minimum atomic E-state index is -1.42. The summed E-state index contributed by atoms with van der Waals surface area (Å²) in [6.45, 7) is 1.84. The fraction of sp³-hybridized carbons (Fsp3) is 0.333. The van der Waals surface area contributed by atoms with Crippen LogP contribution >= 0.6 is 23.2 Å². The predicted molar refractivity (Wildman–Crippen MR) is 72.9 cm³/mol. The van der Waals surface area contributed by atoms with Crippen LogP contribution in [0.4, 0.5) is 5.69 Å². The summed E-state index contributed by atoms with van der Waals surface area (Å²) < 4.78 is 0. The predicted octanol–water partition coefficient (Wildman–Crippen LogP) is 1.73. The number of carbonyl (C=O) groups is 2. The van der Waals surface area contributed by atoms with Gasteiger partial charge in [-0.25, -0.2) is 4.79 Å². The molecule has 1 amide bonds. The summed E-state index contributed by atoms with van der Waals surface area (Å²) in [6.07, 6.45) is 0. The Balaban J connectivity index is 2.03. The molecule has 5 nitrogen and oxygen atoms in total. The first kappa shape index (κ1) is 14.0. The standard InChI is InChI=1S/C12H12Cl2N2O3/c13-8-5-9(14)7-10(6-8)15-1-3-16(4-2-15)11(17)12(18)19/h5-7H,1-4H2,(H,18,19). The molecule has 1 N–H and O–H groups in total. The number of carboxylic acids is 1. The van der Waals surface area contributed by atoms with Crippen molar-refractivity contribution in [3.05, 3.63) is 28.2 Å². The average molecular weight is 303 g/mol. The summed E-state index contributed by atoms with van der Waals surface area (Å²) >= 11 is 11.9. The number of nitrogens with zero attached hydrogens (tertiary/aromatic N) is 2. The van der Waals surface area contributed by atoms with Crippen LogP contribution in [0.1, 0.15) is 0 Å². The molecule has 0 unspecified atom stereocenters. The number of carbonyl (C=O) groups excluding carboxylic acids is 1. The summed E-state index contributed by atoms with van der Waals surface area (Å²) in [4.78, 5) is 25.3. The first-order valence-corrected chi connectivity index (χ1v) is 6.46. The molecule has 0 atom stereocenters. The van der Waals surface area contributed by atoms with Gasteiger partial charge in [0, 0.05) is 41.9 Å². The van der Waals surface area contributed by atoms with E-state index in [1.165, 1.54) is 4.90 Å². The van der Waals surface area contributed by atoms with Crippen LogP contribution < -0.4 is 4.90 Å². The van der Waals surface area contributed by atoms with Crippen LogP contribution in [0.25, 0.3) is 0 Å². The van der Waals surface area contributed by atoms with E-state index in [2.05, 4.69) is 0 Å². The molecule has 0 aromatic heterocycles. The summed E-state index contributed by atoms with van der Waals surface area (Å²) in [5.41, 5.74) is 0.875. The van der Waals surface area contributed by atoms with Crippen LogP contribution in [0.2, 0.25) is 10.0 Å². The molecule has 0 saturated carbocycles. The van der Waals surface area contributed by atoms with Gasteiger partial charge in [-0.05, 0) is 18.2 Å². The van der Waals surface area contributed by atoms with Gasteiger partial charge in [0.05, 0.1) is 0 Å². The van der Waals surface area contributed by atoms with Gasteiger partial charge in [0.15, 0.2) is 0 Å². The number of aliphatic carboxylic acids is 1. The second-order valence-corrected chi connectivity index (χ2v) is 5.08. The molecule has 7 heteroatoms. The van der Waals surface area contributed by atoms with Gasteiger partial charge in [0.1, 0.15) is 0 Å². The quantitative estimate of drug-likeness (QED) is 0.803. The van der Waals surface area contributed by atoms with E-state index in [0.29, 0.717) is 36.2 Å². The van der Waals surface area contributed by atoms with Crippen LogP contribution in [0.15, 0.2) is 18.2 Å². The molecule has 2 rings (SSSR count). The number of hydrogen-bond acceptors (Lipinski definition) is 3. The van der Waals surface area contributed by atoms with Crippen LogP contribution in [-0.4, -0.2) is 48.1 Å². The highest BCUT2D eigenvalue weighted by molar-refractivity contribution is 6.35. The van der Waals surface area contributed by atoms with Gasteiger partial charge in [0.25, 0.3) is 0 Å². The molecule has 1 aliphatic rings. The van der Waals surface area contributed by atoms with Gasteiger partial charge in [0.2, 0.25) is 0 Å². The lowest BCUT2D eigenvalue weighted by Crippen LogP contribution is -2.50. The molecule has 0 bridgehead atoms. The lowest BCUT2D eigenvalue weighted by molar-refractivity contribution is -0.156. The molecule has 1 aromatic carbocycles. The van der Waals surface area contributed by atoms with Crippen molar-refractivity contribution in [3.8, 4) is 0 Å². The third-order valence-corrected chi connectivity index (χ3v) is 3.40. The highest BCUT2D eigenvalue weighted by atomic mass is 35.5. The maximum absolute atomic E-state index is 11.3. The minimum Gasteiger partial charge on any atom is -0.474 e. The number of amides is 1. The molecule has 0 spiro atoms. The van der Waals surface area contributed by atoms with Gasteiger partial charge < -0.3 is 14.9 Å². The molecule has 0 aliphatic carbocycles. The lowest BCUT2D eigenvalue weighted by Gasteiger charge is -2.35. The Kier molecular flexibility index (Phi) is 4.17. The Labute approximate surface area is 120 Å². The monoisotopic (exact) mass is 302 g/mol. The largest absolute Gasteiger partial charge is 0.474 e. The normalized spacial score (nSPS) is 15.5. The van der Waals surface area contributed by atoms with Crippen LogP contribution in [0, 0.1) is 0 Å². The smallest absolute Gasteiger partial charge is 0.394 e. The lowest BCUT2D eigenvalue weighted by atomic mass is 10.2. The van der Waals surface area contributed by atoms with Crippen molar-refractivity contribution in [1.29, 1.82) is 0 Å². The van der Waals surface area contributed by atoms with E-state index in [0.717, 1.165) is 5.69 Å². The zero-order chi connectivity index (χ0) is 14.0. The summed E-state index contributed by atoms with van der Waals surface area (Å²) in [5.74, 6) is -2.27. The van der Waals surface area contributed by atoms with Gasteiger partial charge in [-0.3, -0.25) is 4.79 Å². The number of piperazine rings is 1. The number of anilines is 1. The van der Waals surface area contributed by atoms with Crippen molar-refractivity contribution in [2.75, 3.05) is 31.1 Å². The Hall–Kier alpha value is -1.46. The van der Waals surface area contributed by atoms with E-state index in [9.17, 15) is 9.59 Å². The van der Waals surface area contributed by atoms with Gasteiger partial charge in [-0.1, -0.05) is 23.2 Å². The van der Waals surface area contributed by atoms with Crippen LogP contribution in [-0.2, 0) is 9.59 Å². The first-order chi connectivity index (χ1) is 8.97. The van der Waals surface area contributed by atoms with Crippen LogP contribution in [0.3, 0.4) is 0 Å². The molecule has 1 heterocycles. The second kappa shape index (κ2) is 5.67. The van der Waals surface area contributed by atoms with E-state index in [1.807, 2.05) is 4.90 Å². The second-order valence-electron chi connectivity index (χ2n) is 4.21. The van der Waals surface area contributed by atoms with E-state index in [4.69, 9.17) is 28.3 Å². The van der Waals surface area contributed by atoms with Crippen LogP contribution in [0.5, 0.6) is 0 Å². The molecule has 1 aromatic rings. The van der Waals surface area contributed by atoms with Crippen molar-refractivity contribution < 1.29 is 14.7 Å².